The Morgan fingerprint density at radius 2 is 1.81 bits per heavy atom. The molecule has 0 amide bonds. The van der Waals surface area contributed by atoms with E-state index < -0.39 is 5.82 Å². The lowest BCUT2D eigenvalue weighted by Gasteiger charge is -2.07. The number of benzene rings is 2. The molecular formula is C16H13FN2O2. The third-order valence-corrected chi connectivity index (χ3v) is 3.04. The van der Waals surface area contributed by atoms with Gasteiger partial charge in [0.25, 0.3) is 0 Å². The van der Waals surface area contributed by atoms with E-state index in [2.05, 4.69) is 4.98 Å². The number of halogens is 1. The highest BCUT2D eigenvalue weighted by atomic mass is 19.1. The molecule has 3 aromatic rings. The van der Waals surface area contributed by atoms with Gasteiger partial charge in [0.1, 0.15) is 5.75 Å². The maximum absolute atomic E-state index is 13.7. The normalized spacial score (nSPS) is 10.6. The van der Waals surface area contributed by atoms with Crippen LogP contribution in [0.4, 0.5) is 10.1 Å². The van der Waals surface area contributed by atoms with Gasteiger partial charge in [0.2, 0.25) is 5.88 Å². The third kappa shape index (κ3) is 2.72. The molecule has 1 heterocycles. The molecule has 106 valence electrons. The number of ether oxygens (including phenoxy) is 2. The fourth-order valence-corrected chi connectivity index (χ4v) is 1.98. The zero-order chi connectivity index (χ0) is 14.8. The van der Waals surface area contributed by atoms with Crippen LogP contribution in [0.25, 0.3) is 10.9 Å². The molecule has 3 rings (SSSR count). The highest BCUT2D eigenvalue weighted by molar-refractivity contribution is 5.81. The van der Waals surface area contributed by atoms with Gasteiger partial charge in [0.05, 0.1) is 12.6 Å². The second-order valence-electron chi connectivity index (χ2n) is 4.50. The molecule has 1 aromatic heterocycles. The second kappa shape index (κ2) is 5.28. The van der Waals surface area contributed by atoms with Crippen molar-refractivity contribution >= 4 is 16.6 Å². The molecule has 2 N–H and O–H groups in total. The molecule has 2 aromatic carbocycles. The fraction of sp³-hybridized carbons (Fsp3) is 0.0625. The maximum atomic E-state index is 13.7. The molecular weight excluding hydrogens is 271 g/mol. The smallest absolute Gasteiger partial charge is 0.219 e. The summed E-state index contributed by atoms with van der Waals surface area (Å²) >= 11 is 0. The van der Waals surface area contributed by atoms with Crippen molar-refractivity contribution in [3.63, 3.8) is 0 Å². The first kappa shape index (κ1) is 13.2. The van der Waals surface area contributed by atoms with Crippen LogP contribution in [-0.4, -0.2) is 12.1 Å². The summed E-state index contributed by atoms with van der Waals surface area (Å²) in [6.45, 7) is 0. The van der Waals surface area contributed by atoms with E-state index in [-0.39, 0.29) is 5.75 Å². The van der Waals surface area contributed by atoms with E-state index in [0.717, 1.165) is 5.39 Å². The molecule has 4 nitrogen and oxygen atoms in total. The number of nitrogens with zero attached hydrogens (tertiary/aromatic N) is 1. The SMILES string of the molecule is COc1cc2ccc(Oc3ccc(N)cc3)nc2cc1F. The Hall–Kier alpha value is -2.82. The van der Waals surface area contributed by atoms with E-state index in [0.29, 0.717) is 22.8 Å². The molecule has 0 fully saturated rings. The summed E-state index contributed by atoms with van der Waals surface area (Å²) in [5.74, 6) is 0.737. The van der Waals surface area contributed by atoms with Gasteiger partial charge in [0.15, 0.2) is 11.6 Å². The summed E-state index contributed by atoms with van der Waals surface area (Å²) in [7, 11) is 1.43. The fourth-order valence-electron chi connectivity index (χ4n) is 1.98. The molecule has 0 aliphatic carbocycles. The van der Waals surface area contributed by atoms with Crippen LogP contribution in [-0.2, 0) is 0 Å². The number of nitrogens with two attached hydrogens (primary N) is 1. The number of aromatic nitrogens is 1. The quantitative estimate of drug-likeness (QED) is 0.744. The lowest BCUT2D eigenvalue weighted by Crippen LogP contribution is -1.92. The van der Waals surface area contributed by atoms with Crippen molar-refractivity contribution in [2.45, 2.75) is 0 Å². The van der Waals surface area contributed by atoms with Crippen LogP contribution in [0.5, 0.6) is 17.4 Å². The molecule has 0 saturated carbocycles. The molecule has 0 atom stereocenters. The second-order valence-corrected chi connectivity index (χ2v) is 4.50. The molecule has 0 radical (unpaired) electrons. The van der Waals surface area contributed by atoms with Crippen LogP contribution in [0.2, 0.25) is 0 Å². The van der Waals surface area contributed by atoms with Crippen LogP contribution >= 0.6 is 0 Å². The number of fused-ring (bicyclic) bond motifs is 1. The van der Waals surface area contributed by atoms with Gasteiger partial charge in [-0.3, -0.25) is 0 Å². The van der Waals surface area contributed by atoms with Crippen LogP contribution < -0.4 is 15.2 Å². The minimum absolute atomic E-state index is 0.191. The van der Waals surface area contributed by atoms with E-state index in [9.17, 15) is 4.39 Å². The summed E-state index contributed by atoms with van der Waals surface area (Å²) in [6, 6.07) is 13.4. The number of hydrogen-bond donors (Lipinski definition) is 1. The van der Waals surface area contributed by atoms with E-state index in [1.807, 2.05) is 0 Å². The van der Waals surface area contributed by atoms with Crippen molar-refractivity contribution in [2.24, 2.45) is 0 Å². The number of anilines is 1. The molecule has 5 heteroatoms. The Balaban J connectivity index is 1.95. The van der Waals surface area contributed by atoms with Crippen LogP contribution in [0, 0.1) is 5.82 Å². The van der Waals surface area contributed by atoms with Crippen molar-refractivity contribution < 1.29 is 13.9 Å². The van der Waals surface area contributed by atoms with E-state index in [1.54, 1.807) is 42.5 Å². The largest absolute Gasteiger partial charge is 0.494 e. The van der Waals surface area contributed by atoms with Crippen LogP contribution in [0.1, 0.15) is 0 Å². The summed E-state index contributed by atoms with van der Waals surface area (Å²) in [5, 5.41) is 0.776. The Morgan fingerprint density at radius 3 is 2.52 bits per heavy atom. The predicted molar refractivity (Wildman–Crippen MR) is 79.2 cm³/mol. The van der Waals surface area contributed by atoms with Gasteiger partial charge in [-0.25, -0.2) is 9.37 Å². The third-order valence-electron chi connectivity index (χ3n) is 3.04. The van der Waals surface area contributed by atoms with Crippen LogP contribution in [0.3, 0.4) is 0 Å². The molecule has 0 unspecified atom stereocenters. The Bertz CT molecular complexity index is 788. The lowest BCUT2D eigenvalue weighted by molar-refractivity contribution is 0.387. The molecule has 0 saturated heterocycles. The van der Waals surface area contributed by atoms with Crippen molar-refractivity contribution in [3.8, 4) is 17.4 Å². The van der Waals surface area contributed by atoms with Gasteiger partial charge < -0.3 is 15.2 Å². The Morgan fingerprint density at radius 1 is 1.05 bits per heavy atom. The minimum atomic E-state index is -0.456. The topological polar surface area (TPSA) is 57.4 Å². The van der Waals surface area contributed by atoms with Crippen molar-refractivity contribution in [1.82, 2.24) is 4.98 Å². The zero-order valence-electron chi connectivity index (χ0n) is 11.3. The molecule has 0 bridgehead atoms. The van der Waals surface area contributed by atoms with Gasteiger partial charge >= 0.3 is 0 Å². The van der Waals surface area contributed by atoms with E-state index >= 15 is 0 Å². The van der Waals surface area contributed by atoms with Crippen molar-refractivity contribution in [1.29, 1.82) is 0 Å². The molecule has 0 aliphatic heterocycles. The van der Waals surface area contributed by atoms with Gasteiger partial charge in [-0.2, -0.15) is 0 Å². The van der Waals surface area contributed by atoms with E-state index in [1.165, 1.54) is 13.2 Å². The standard InChI is InChI=1S/C16H13FN2O2/c1-20-15-8-10-2-7-16(19-14(10)9-13(15)17)21-12-5-3-11(18)4-6-12/h2-9H,18H2,1H3. The van der Waals surface area contributed by atoms with Crippen molar-refractivity contribution in [2.75, 3.05) is 12.8 Å². The molecule has 21 heavy (non-hydrogen) atoms. The summed E-state index contributed by atoms with van der Waals surface area (Å²) < 4.78 is 24.3. The number of nitrogen functional groups attached to an aromatic ring is 1. The summed E-state index contributed by atoms with van der Waals surface area (Å²) in [5.41, 5.74) is 6.77. The number of methoxy groups -OCH3 is 1. The van der Waals surface area contributed by atoms with Crippen LogP contribution in [0.15, 0.2) is 48.5 Å². The number of pyridine rings is 1. The lowest BCUT2D eigenvalue weighted by atomic mass is 10.2. The minimum Gasteiger partial charge on any atom is -0.494 e. The van der Waals surface area contributed by atoms with Gasteiger partial charge in [-0.15, -0.1) is 0 Å². The summed E-state index contributed by atoms with van der Waals surface area (Å²) in [4.78, 5) is 4.28. The first-order valence-corrected chi connectivity index (χ1v) is 6.33. The van der Waals surface area contributed by atoms with Gasteiger partial charge in [-0.1, -0.05) is 0 Å². The maximum Gasteiger partial charge on any atom is 0.219 e. The Kier molecular flexibility index (Phi) is 3.31. The zero-order valence-corrected chi connectivity index (χ0v) is 11.3. The van der Waals surface area contributed by atoms with Crippen molar-refractivity contribution in [3.05, 3.63) is 54.3 Å². The average molecular weight is 284 g/mol. The molecule has 0 spiro atoms. The average Bonchev–Trinajstić information content (AvgIpc) is 2.49. The predicted octanol–water partition coefficient (Wildman–Crippen LogP) is 3.76. The van der Waals surface area contributed by atoms with E-state index in [4.69, 9.17) is 15.2 Å². The Labute approximate surface area is 120 Å². The molecule has 0 aliphatic rings. The first-order chi connectivity index (χ1) is 10.2. The highest BCUT2D eigenvalue weighted by Crippen LogP contribution is 2.27. The highest BCUT2D eigenvalue weighted by Gasteiger charge is 2.07. The van der Waals surface area contributed by atoms with Gasteiger partial charge in [-0.05, 0) is 36.4 Å². The number of rotatable bonds is 3. The number of hydrogen-bond acceptors (Lipinski definition) is 4. The first-order valence-electron chi connectivity index (χ1n) is 6.33. The summed E-state index contributed by atoms with van der Waals surface area (Å²) in [6.07, 6.45) is 0. The monoisotopic (exact) mass is 284 g/mol. The van der Waals surface area contributed by atoms with Gasteiger partial charge in [0, 0.05) is 23.2 Å².